The molecule has 1 aromatic rings. The number of urea groups is 1. The molecule has 0 aromatic heterocycles. The summed E-state index contributed by atoms with van der Waals surface area (Å²) < 4.78 is 112. The van der Waals surface area contributed by atoms with Gasteiger partial charge in [0.2, 0.25) is 15.9 Å². The lowest BCUT2D eigenvalue weighted by Gasteiger charge is -2.42. The summed E-state index contributed by atoms with van der Waals surface area (Å²) in [5.41, 5.74) is -3.48. The van der Waals surface area contributed by atoms with Gasteiger partial charge >= 0.3 is 18.4 Å². The summed E-state index contributed by atoms with van der Waals surface area (Å²) in [5, 5.41) is 2.80. The fraction of sp³-hybridized carbons (Fsp3) is 0.636. The smallest absolute Gasteiger partial charge is 0.366 e. The summed E-state index contributed by atoms with van der Waals surface area (Å²) in [6, 6.07) is -0.180. The van der Waals surface area contributed by atoms with Crippen LogP contribution in [0.2, 0.25) is 0 Å². The Morgan fingerprint density at radius 3 is 2.21 bits per heavy atom. The second-order valence-electron chi connectivity index (χ2n) is 9.35. The number of carbonyl (C=O) groups is 2. The fourth-order valence-electron chi connectivity index (χ4n) is 4.90. The molecule has 0 spiro atoms. The van der Waals surface area contributed by atoms with E-state index in [1.165, 1.54) is 4.90 Å². The van der Waals surface area contributed by atoms with E-state index in [4.69, 9.17) is 4.74 Å². The number of piperidine rings is 1. The van der Waals surface area contributed by atoms with Crippen LogP contribution < -0.4 is 5.32 Å². The van der Waals surface area contributed by atoms with Crippen LogP contribution >= 0.6 is 0 Å². The highest BCUT2D eigenvalue weighted by atomic mass is 32.2. The van der Waals surface area contributed by atoms with Crippen molar-refractivity contribution in [2.75, 3.05) is 45.9 Å². The number of benzene rings is 1. The second-order valence-corrected chi connectivity index (χ2v) is 11.3. The van der Waals surface area contributed by atoms with Crippen molar-refractivity contribution in [3.8, 4) is 0 Å². The molecule has 9 nitrogen and oxygen atoms in total. The van der Waals surface area contributed by atoms with Crippen molar-refractivity contribution >= 4 is 22.0 Å². The average molecular weight is 573 g/mol. The van der Waals surface area contributed by atoms with E-state index < -0.39 is 38.4 Å². The molecular formula is C22H26F6N4O5S. The van der Waals surface area contributed by atoms with Crippen molar-refractivity contribution in [1.29, 1.82) is 0 Å². The van der Waals surface area contributed by atoms with E-state index >= 15 is 0 Å². The highest BCUT2D eigenvalue weighted by Gasteiger charge is 2.43. The fourth-order valence-corrected chi connectivity index (χ4v) is 6.61. The first-order chi connectivity index (χ1) is 17.7. The first-order valence-corrected chi connectivity index (χ1v) is 13.4. The molecule has 0 aliphatic carbocycles. The summed E-state index contributed by atoms with van der Waals surface area (Å²) in [6.07, 6.45) is -9.85. The monoisotopic (exact) mass is 572 g/mol. The van der Waals surface area contributed by atoms with Crippen LogP contribution in [0.15, 0.2) is 23.1 Å². The van der Waals surface area contributed by atoms with Gasteiger partial charge in [-0.25, -0.2) is 13.2 Å². The van der Waals surface area contributed by atoms with Crippen LogP contribution in [0.5, 0.6) is 0 Å². The van der Waals surface area contributed by atoms with Crippen molar-refractivity contribution in [2.45, 2.75) is 48.7 Å². The van der Waals surface area contributed by atoms with E-state index in [0.717, 1.165) is 4.31 Å². The van der Waals surface area contributed by atoms with E-state index in [9.17, 15) is 44.3 Å². The van der Waals surface area contributed by atoms with Gasteiger partial charge in [-0.05, 0) is 37.5 Å². The SMILES string of the molecule is O=C1CO[C@H]2CCN(C(=O)N3CCCN(S(=O)(=O)c4ccc(C(F)(F)F)cc4C(F)(F)F)CCC3)C[C@H]2N1. The summed E-state index contributed by atoms with van der Waals surface area (Å²) in [6.45, 7) is 0.423. The number of rotatable bonds is 2. The molecule has 16 heteroatoms. The predicted molar refractivity (Wildman–Crippen MR) is 119 cm³/mol. The van der Waals surface area contributed by atoms with Gasteiger partial charge in [-0.1, -0.05) is 0 Å². The summed E-state index contributed by atoms with van der Waals surface area (Å²) in [7, 11) is -4.78. The van der Waals surface area contributed by atoms with Gasteiger partial charge in [0.15, 0.2) is 0 Å². The number of likely N-dealkylation sites (tertiary alicyclic amines) is 1. The molecule has 3 saturated heterocycles. The molecule has 3 aliphatic rings. The lowest BCUT2D eigenvalue weighted by molar-refractivity contribution is -0.144. The molecular weight excluding hydrogens is 546 g/mol. The third-order valence-corrected chi connectivity index (χ3v) is 8.72. The first kappa shape index (κ1) is 28.4. The van der Waals surface area contributed by atoms with Crippen LogP contribution in [0.25, 0.3) is 0 Å². The maximum Gasteiger partial charge on any atom is 0.417 e. The van der Waals surface area contributed by atoms with E-state index in [2.05, 4.69) is 5.32 Å². The van der Waals surface area contributed by atoms with E-state index in [-0.39, 0.29) is 82.3 Å². The number of hydrogen-bond donors (Lipinski definition) is 1. The Labute approximate surface area is 214 Å². The minimum absolute atomic E-state index is 0.0302. The standard InChI is InChI=1S/C22H26F6N4O5S/c23-21(24,25)14-3-4-18(15(11-14)22(26,27)28)38(35,36)32-8-1-6-30(7-2-9-32)20(34)31-10-5-17-16(12-31)29-19(33)13-37-17/h3-4,11,16-17H,1-2,5-10,12-13H2,(H,29,33)/t16-,17+/m1/s1. The molecule has 0 radical (unpaired) electrons. The summed E-state index contributed by atoms with van der Waals surface area (Å²) >= 11 is 0. The number of ether oxygens (including phenoxy) is 1. The molecule has 3 heterocycles. The van der Waals surface area contributed by atoms with Crippen LogP contribution in [0.4, 0.5) is 31.1 Å². The Kier molecular flexibility index (Phi) is 7.87. The van der Waals surface area contributed by atoms with Gasteiger partial charge in [-0.3, -0.25) is 4.79 Å². The molecule has 1 N–H and O–H groups in total. The number of nitrogens with zero attached hydrogens (tertiary/aromatic N) is 3. The number of morpholine rings is 1. The maximum absolute atomic E-state index is 13.6. The molecule has 3 fully saturated rings. The topological polar surface area (TPSA) is 99.3 Å². The van der Waals surface area contributed by atoms with Gasteiger partial charge in [0.05, 0.1) is 28.2 Å². The zero-order valence-electron chi connectivity index (χ0n) is 20.0. The minimum atomic E-state index is -5.33. The van der Waals surface area contributed by atoms with Crippen molar-refractivity contribution in [3.05, 3.63) is 29.3 Å². The van der Waals surface area contributed by atoms with Crippen molar-refractivity contribution in [3.63, 3.8) is 0 Å². The van der Waals surface area contributed by atoms with Crippen molar-refractivity contribution in [1.82, 2.24) is 19.4 Å². The van der Waals surface area contributed by atoms with Crippen molar-refractivity contribution in [2.24, 2.45) is 0 Å². The third kappa shape index (κ3) is 6.01. The van der Waals surface area contributed by atoms with E-state index in [1.54, 1.807) is 4.90 Å². The number of amides is 3. The summed E-state index contributed by atoms with van der Waals surface area (Å²) in [5.74, 6) is -0.269. The Balaban J connectivity index is 1.44. The molecule has 0 unspecified atom stereocenters. The molecule has 3 amide bonds. The highest BCUT2D eigenvalue weighted by Crippen LogP contribution is 2.39. The number of sulfonamides is 1. The number of halogens is 6. The zero-order valence-corrected chi connectivity index (χ0v) is 20.8. The average Bonchev–Trinajstić information content (AvgIpc) is 2.81. The molecule has 1 aromatic carbocycles. The third-order valence-electron chi connectivity index (χ3n) is 6.77. The van der Waals surface area contributed by atoms with E-state index in [1.807, 2.05) is 0 Å². The van der Waals surface area contributed by atoms with E-state index in [0.29, 0.717) is 25.1 Å². The van der Waals surface area contributed by atoms with Gasteiger partial charge in [-0.15, -0.1) is 0 Å². The lowest BCUT2D eigenvalue weighted by Crippen LogP contribution is -2.62. The molecule has 38 heavy (non-hydrogen) atoms. The predicted octanol–water partition coefficient (Wildman–Crippen LogP) is 2.52. The van der Waals surface area contributed by atoms with Crippen LogP contribution in [0.1, 0.15) is 30.4 Å². The molecule has 4 rings (SSSR count). The van der Waals surface area contributed by atoms with Gasteiger partial charge in [0, 0.05) is 39.3 Å². The molecule has 3 aliphatic heterocycles. The second kappa shape index (κ2) is 10.5. The summed E-state index contributed by atoms with van der Waals surface area (Å²) in [4.78, 5) is 26.6. The van der Waals surface area contributed by atoms with Crippen LogP contribution in [0.3, 0.4) is 0 Å². The Morgan fingerprint density at radius 2 is 1.61 bits per heavy atom. The molecule has 0 bridgehead atoms. The van der Waals surface area contributed by atoms with Crippen molar-refractivity contribution < 1.29 is 49.1 Å². The quantitative estimate of drug-likeness (QED) is 0.550. The number of fused-ring (bicyclic) bond motifs is 1. The van der Waals surface area contributed by atoms with Crippen LogP contribution in [-0.2, 0) is 31.9 Å². The van der Waals surface area contributed by atoms with Gasteiger partial charge in [0.25, 0.3) is 0 Å². The first-order valence-electron chi connectivity index (χ1n) is 11.9. The number of carbonyl (C=O) groups excluding carboxylic acids is 2. The number of alkyl halides is 6. The van der Waals surface area contributed by atoms with Gasteiger partial charge < -0.3 is 19.9 Å². The van der Waals surface area contributed by atoms with Gasteiger partial charge in [-0.2, -0.15) is 30.6 Å². The largest absolute Gasteiger partial charge is 0.417 e. The lowest BCUT2D eigenvalue weighted by atomic mass is 10.0. The van der Waals surface area contributed by atoms with Crippen LogP contribution in [-0.4, -0.2) is 92.5 Å². The normalized spacial score (nSPS) is 24.3. The molecule has 2 atom stereocenters. The number of nitrogens with one attached hydrogen (secondary N) is 1. The Hall–Kier alpha value is -2.59. The van der Waals surface area contributed by atoms with Gasteiger partial charge in [0.1, 0.15) is 6.61 Å². The Bertz CT molecular complexity index is 1170. The van der Waals surface area contributed by atoms with Crippen LogP contribution in [0, 0.1) is 0 Å². The Morgan fingerprint density at radius 1 is 0.947 bits per heavy atom. The maximum atomic E-state index is 13.6. The highest BCUT2D eigenvalue weighted by molar-refractivity contribution is 7.89. The zero-order chi connectivity index (χ0) is 27.9. The molecule has 212 valence electrons. The number of hydrogen-bond acceptors (Lipinski definition) is 5. The minimum Gasteiger partial charge on any atom is -0.366 e. The molecule has 0 saturated carbocycles.